The van der Waals surface area contributed by atoms with Crippen LogP contribution in [0.25, 0.3) is 0 Å². The van der Waals surface area contributed by atoms with Crippen LogP contribution in [0.1, 0.15) is 20.8 Å². The maximum atomic E-state index is 11.0. The van der Waals surface area contributed by atoms with E-state index < -0.39 is 21.8 Å². The van der Waals surface area contributed by atoms with Gasteiger partial charge in [-0.2, -0.15) is 13.9 Å². The molecule has 0 spiro atoms. The third-order valence-corrected chi connectivity index (χ3v) is 1.63. The van der Waals surface area contributed by atoms with Crippen LogP contribution in [0, 0.1) is 0 Å². The van der Waals surface area contributed by atoms with Gasteiger partial charge in [-0.25, -0.2) is 4.79 Å². The van der Waals surface area contributed by atoms with Gasteiger partial charge in [-0.1, -0.05) is 0 Å². The van der Waals surface area contributed by atoms with Crippen molar-refractivity contribution in [3.63, 3.8) is 0 Å². The van der Waals surface area contributed by atoms with Crippen molar-refractivity contribution in [2.24, 2.45) is 0 Å². The number of rotatable bonds is 5. The summed E-state index contributed by atoms with van der Waals surface area (Å²) in [6.45, 7) is 4.86. The first kappa shape index (κ1) is 15.1. The lowest BCUT2D eigenvalue weighted by Crippen LogP contribution is -2.33. The molecule has 1 amide bonds. The average molecular weight is 255 g/mol. The summed E-state index contributed by atoms with van der Waals surface area (Å²) in [4.78, 5) is 15.6. The van der Waals surface area contributed by atoms with Crippen LogP contribution in [-0.4, -0.2) is 39.6 Å². The first-order valence-electron chi connectivity index (χ1n) is 4.55. The second kappa shape index (κ2) is 6.02. The maximum Gasteiger partial charge on any atom is 0.431 e. The molecule has 0 bridgehead atoms. The quantitative estimate of drug-likeness (QED) is 0.435. The van der Waals surface area contributed by atoms with Gasteiger partial charge in [-0.05, 0) is 20.8 Å². The maximum absolute atomic E-state index is 11.0. The van der Waals surface area contributed by atoms with Gasteiger partial charge in [0.1, 0.15) is 5.60 Å². The van der Waals surface area contributed by atoms with E-state index in [0.717, 1.165) is 6.26 Å². The Balaban J connectivity index is 3.57. The predicted octanol–water partition coefficient (Wildman–Crippen LogP) is 0.419. The highest BCUT2D eigenvalue weighted by molar-refractivity contribution is 7.85. The lowest BCUT2D eigenvalue weighted by Gasteiger charge is -2.19. The van der Waals surface area contributed by atoms with Gasteiger partial charge < -0.3 is 4.74 Å². The van der Waals surface area contributed by atoms with Gasteiger partial charge in [0, 0.05) is 0 Å². The zero-order valence-electron chi connectivity index (χ0n) is 9.77. The molecule has 0 aliphatic carbocycles. The van der Waals surface area contributed by atoms with E-state index in [-0.39, 0.29) is 13.2 Å². The molecule has 0 saturated carbocycles. The van der Waals surface area contributed by atoms with Crippen LogP contribution in [0.15, 0.2) is 0 Å². The van der Waals surface area contributed by atoms with Gasteiger partial charge in [-0.15, -0.1) is 0 Å². The van der Waals surface area contributed by atoms with Crippen LogP contribution in [0.4, 0.5) is 4.79 Å². The van der Waals surface area contributed by atoms with Crippen LogP contribution in [-0.2, 0) is 23.9 Å². The Morgan fingerprint density at radius 1 is 1.25 bits per heavy atom. The second-order valence-electron chi connectivity index (χ2n) is 3.98. The van der Waals surface area contributed by atoms with Crippen molar-refractivity contribution < 1.29 is 27.0 Å². The number of amides is 1. The second-order valence-corrected chi connectivity index (χ2v) is 5.62. The lowest BCUT2D eigenvalue weighted by molar-refractivity contribution is -0.0138. The first-order chi connectivity index (χ1) is 7.10. The largest absolute Gasteiger partial charge is 0.442 e. The molecule has 0 heterocycles. The number of carbonyl (C=O) groups is 1. The highest BCUT2D eigenvalue weighted by atomic mass is 32.2. The van der Waals surface area contributed by atoms with E-state index in [0.29, 0.717) is 0 Å². The zero-order chi connectivity index (χ0) is 12.8. The number of hydrogen-bond acceptors (Lipinski definition) is 6. The number of carbonyl (C=O) groups excluding carboxylic acids is 1. The molecule has 7 nitrogen and oxygen atoms in total. The van der Waals surface area contributed by atoms with Gasteiger partial charge in [0.15, 0.2) is 0 Å². The molecule has 0 radical (unpaired) electrons. The van der Waals surface area contributed by atoms with Crippen molar-refractivity contribution in [1.82, 2.24) is 5.48 Å². The summed E-state index contributed by atoms with van der Waals surface area (Å²) in [7, 11) is -3.48. The Morgan fingerprint density at radius 3 is 2.25 bits per heavy atom. The summed E-state index contributed by atoms with van der Waals surface area (Å²) in [6, 6.07) is 0. The van der Waals surface area contributed by atoms with Crippen LogP contribution < -0.4 is 5.48 Å². The van der Waals surface area contributed by atoms with Gasteiger partial charge in [0.25, 0.3) is 10.1 Å². The standard InChI is InChI=1S/C8H17NO6S/c1-8(2,3)15-7(10)9-13-5-6-14-16(4,11)12/h5-6H2,1-4H3,(H,9,10). The number of nitrogens with one attached hydrogen (secondary N) is 1. The summed E-state index contributed by atoms with van der Waals surface area (Å²) in [5.41, 5.74) is 1.38. The number of hydrogen-bond donors (Lipinski definition) is 1. The third kappa shape index (κ3) is 11.2. The Bertz CT molecular complexity index is 318. The predicted molar refractivity (Wildman–Crippen MR) is 56.1 cm³/mol. The Hall–Kier alpha value is -0.860. The van der Waals surface area contributed by atoms with E-state index in [2.05, 4.69) is 9.02 Å². The summed E-state index contributed by atoms with van der Waals surface area (Å²) in [6.07, 6.45) is 0.181. The molecule has 0 rings (SSSR count). The minimum absolute atomic E-state index is 0.0910. The average Bonchev–Trinajstić information content (AvgIpc) is 1.97. The van der Waals surface area contributed by atoms with Crippen molar-refractivity contribution in [3.05, 3.63) is 0 Å². The topological polar surface area (TPSA) is 90.9 Å². The van der Waals surface area contributed by atoms with E-state index in [4.69, 9.17) is 4.74 Å². The molecule has 0 unspecified atom stereocenters. The van der Waals surface area contributed by atoms with Crippen molar-refractivity contribution in [1.29, 1.82) is 0 Å². The summed E-state index contributed by atoms with van der Waals surface area (Å²) in [5, 5.41) is 0. The molecule has 0 aliphatic heterocycles. The van der Waals surface area contributed by atoms with Crippen LogP contribution >= 0.6 is 0 Å². The van der Waals surface area contributed by atoms with E-state index in [1.165, 1.54) is 0 Å². The Morgan fingerprint density at radius 2 is 1.81 bits per heavy atom. The van der Waals surface area contributed by atoms with E-state index in [1.54, 1.807) is 20.8 Å². The summed E-state index contributed by atoms with van der Waals surface area (Å²) < 4.78 is 30.3. The molecule has 0 aromatic rings. The first-order valence-corrected chi connectivity index (χ1v) is 6.37. The van der Waals surface area contributed by atoms with Gasteiger partial charge in [0.2, 0.25) is 0 Å². The fourth-order valence-corrected chi connectivity index (χ4v) is 1.01. The molecule has 96 valence electrons. The molecular formula is C8H17NO6S. The van der Waals surface area contributed by atoms with Gasteiger partial charge in [0.05, 0.1) is 19.5 Å². The molecule has 0 aliphatic rings. The lowest BCUT2D eigenvalue weighted by atomic mass is 10.2. The number of ether oxygens (including phenoxy) is 1. The molecule has 8 heteroatoms. The van der Waals surface area contributed by atoms with Crippen molar-refractivity contribution in [2.75, 3.05) is 19.5 Å². The monoisotopic (exact) mass is 255 g/mol. The third-order valence-electron chi connectivity index (χ3n) is 1.04. The molecule has 0 fully saturated rings. The van der Waals surface area contributed by atoms with Crippen LogP contribution in [0.5, 0.6) is 0 Å². The van der Waals surface area contributed by atoms with E-state index >= 15 is 0 Å². The summed E-state index contributed by atoms with van der Waals surface area (Å²) in [5.74, 6) is 0. The molecule has 0 saturated heterocycles. The van der Waals surface area contributed by atoms with Crippen LogP contribution in [0.3, 0.4) is 0 Å². The van der Waals surface area contributed by atoms with Crippen molar-refractivity contribution in [3.8, 4) is 0 Å². The fourth-order valence-electron chi connectivity index (χ4n) is 0.636. The van der Waals surface area contributed by atoms with Crippen molar-refractivity contribution >= 4 is 16.2 Å². The van der Waals surface area contributed by atoms with E-state index in [1.807, 2.05) is 5.48 Å². The molecule has 0 aromatic heterocycles. The van der Waals surface area contributed by atoms with Gasteiger partial charge in [-0.3, -0.25) is 9.02 Å². The molecular weight excluding hydrogens is 238 g/mol. The zero-order valence-corrected chi connectivity index (χ0v) is 10.6. The van der Waals surface area contributed by atoms with Crippen LogP contribution in [0.2, 0.25) is 0 Å². The smallest absolute Gasteiger partial charge is 0.431 e. The molecule has 16 heavy (non-hydrogen) atoms. The normalized spacial score (nSPS) is 12.2. The Kier molecular flexibility index (Phi) is 5.70. The molecule has 0 atom stereocenters. The Labute approximate surface area is 95.1 Å². The summed E-state index contributed by atoms with van der Waals surface area (Å²) >= 11 is 0. The molecule has 0 aromatic carbocycles. The van der Waals surface area contributed by atoms with E-state index in [9.17, 15) is 13.2 Å². The van der Waals surface area contributed by atoms with Gasteiger partial charge >= 0.3 is 6.09 Å². The van der Waals surface area contributed by atoms with Crippen molar-refractivity contribution in [2.45, 2.75) is 26.4 Å². The minimum atomic E-state index is -3.48. The SMILES string of the molecule is CC(C)(C)OC(=O)NOCCOS(C)(=O)=O. The highest BCUT2D eigenvalue weighted by Gasteiger charge is 2.15. The fraction of sp³-hybridized carbons (Fsp3) is 0.875. The minimum Gasteiger partial charge on any atom is -0.442 e. The number of hydroxylamine groups is 1. The highest BCUT2D eigenvalue weighted by Crippen LogP contribution is 2.06. The molecule has 1 N–H and O–H groups in total.